The molecule has 10 heteroatoms. The molecule has 2 aromatic carbocycles. The van der Waals surface area contributed by atoms with Gasteiger partial charge in [-0.1, -0.05) is 37.3 Å². The third-order valence-electron chi connectivity index (χ3n) is 7.44. The molecule has 40 heavy (non-hydrogen) atoms. The molecule has 2 heterocycles. The van der Waals surface area contributed by atoms with Crippen LogP contribution < -0.4 is 15.8 Å². The molecule has 1 unspecified atom stereocenters. The molecule has 9 nitrogen and oxygen atoms in total. The van der Waals surface area contributed by atoms with Crippen LogP contribution in [0.25, 0.3) is 0 Å². The largest absolute Gasteiger partial charge is 0.494 e. The van der Waals surface area contributed by atoms with E-state index in [-0.39, 0.29) is 30.1 Å². The topological polar surface area (TPSA) is 108 Å². The van der Waals surface area contributed by atoms with Crippen LogP contribution in [0.3, 0.4) is 0 Å². The fraction of sp³-hybridized carbons (Fsp3) is 0.467. The summed E-state index contributed by atoms with van der Waals surface area (Å²) >= 11 is 5.78. The van der Waals surface area contributed by atoms with E-state index in [9.17, 15) is 14.4 Å². The average Bonchev–Trinajstić information content (AvgIpc) is 3.17. The molecule has 0 aliphatic carbocycles. The number of likely N-dealkylation sites (tertiary alicyclic amines) is 1. The lowest BCUT2D eigenvalue weighted by Gasteiger charge is -2.31. The molecule has 2 aliphatic heterocycles. The molecule has 2 aromatic rings. The third kappa shape index (κ3) is 7.79. The smallest absolute Gasteiger partial charge is 0.252 e. The number of carbonyl (C=O) groups is 3. The van der Waals surface area contributed by atoms with Crippen molar-refractivity contribution < 1.29 is 19.1 Å². The van der Waals surface area contributed by atoms with Gasteiger partial charge in [-0.2, -0.15) is 0 Å². The third-order valence-corrected chi connectivity index (χ3v) is 7.90. The molecular formula is C30H39N5O4S. The number of piperidine rings is 1. The zero-order valence-corrected chi connectivity index (χ0v) is 23.9. The Labute approximate surface area is 241 Å². The maximum atomic E-state index is 13.6. The Morgan fingerprint density at radius 2 is 1.75 bits per heavy atom. The summed E-state index contributed by atoms with van der Waals surface area (Å²) in [6.45, 7) is 6.08. The zero-order valence-electron chi connectivity index (χ0n) is 23.1. The van der Waals surface area contributed by atoms with Gasteiger partial charge < -0.3 is 25.6 Å². The summed E-state index contributed by atoms with van der Waals surface area (Å²) < 4.78 is 5.61. The summed E-state index contributed by atoms with van der Waals surface area (Å²) in [5.74, 6) is 0.0753. The van der Waals surface area contributed by atoms with Crippen molar-refractivity contribution in [3.63, 3.8) is 0 Å². The SMILES string of the molecule is CCCOc1ccc(NC(=O)CC2C(=O)N(Cc3ccccc3)C(=S)N2CCCN2CCC(C(N)=O)CC2)cc1. The van der Waals surface area contributed by atoms with Crippen LogP contribution in [0.2, 0.25) is 0 Å². The number of amides is 3. The highest BCUT2D eigenvalue weighted by molar-refractivity contribution is 7.80. The van der Waals surface area contributed by atoms with Gasteiger partial charge in [0.1, 0.15) is 11.8 Å². The van der Waals surface area contributed by atoms with Crippen LogP contribution in [0.15, 0.2) is 54.6 Å². The van der Waals surface area contributed by atoms with Crippen molar-refractivity contribution in [2.75, 3.05) is 38.1 Å². The molecule has 2 fully saturated rings. The number of benzene rings is 2. The van der Waals surface area contributed by atoms with Crippen LogP contribution in [0, 0.1) is 5.92 Å². The number of rotatable bonds is 13. The molecule has 0 spiro atoms. The first-order valence-corrected chi connectivity index (χ1v) is 14.5. The van der Waals surface area contributed by atoms with Gasteiger partial charge in [0.2, 0.25) is 11.8 Å². The minimum Gasteiger partial charge on any atom is -0.494 e. The Hall–Kier alpha value is -3.50. The van der Waals surface area contributed by atoms with Crippen LogP contribution in [0.4, 0.5) is 5.69 Å². The van der Waals surface area contributed by atoms with Crippen molar-refractivity contribution in [1.29, 1.82) is 0 Å². The first-order valence-electron chi connectivity index (χ1n) is 14.1. The fourth-order valence-electron chi connectivity index (χ4n) is 5.20. The van der Waals surface area contributed by atoms with Gasteiger partial charge in [0.05, 0.1) is 19.6 Å². The highest BCUT2D eigenvalue weighted by Gasteiger charge is 2.43. The van der Waals surface area contributed by atoms with E-state index in [2.05, 4.69) is 10.2 Å². The van der Waals surface area contributed by atoms with E-state index in [1.165, 1.54) is 0 Å². The number of primary amides is 1. The molecule has 0 bridgehead atoms. The van der Waals surface area contributed by atoms with E-state index in [1.54, 1.807) is 17.0 Å². The van der Waals surface area contributed by atoms with Gasteiger partial charge in [-0.05, 0) is 87.4 Å². The molecule has 4 rings (SSSR count). The van der Waals surface area contributed by atoms with Gasteiger partial charge in [-0.15, -0.1) is 0 Å². The highest BCUT2D eigenvalue weighted by Crippen LogP contribution is 2.25. The molecule has 214 valence electrons. The predicted octanol–water partition coefficient (Wildman–Crippen LogP) is 3.39. The van der Waals surface area contributed by atoms with Crippen molar-refractivity contribution in [3.8, 4) is 5.75 Å². The average molecular weight is 566 g/mol. The Bertz CT molecular complexity index is 1170. The molecule has 3 N–H and O–H groups in total. The zero-order chi connectivity index (χ0) is 28.5. The summed E-state index contributed by atoms with van der Waals surface area (Å²) in [5, 5.41) is 3.37. The Morgan fingerprint density at radius 3 is 2.40 bits per heavy atom. The first kappa shape index (κ1) is 29.5. The van der Waals surface area contributed by atoms with E-state index < -0.39 is 6.04 Å². The molecular weight excluding hydrogens is 526 g/mol. The van der Waals surface area contributed by atoms with Gasteiger partial charge in [0.15, 0.2) is 5.11 Å². The second-order valence-corrected chi connectivity index (χ2v) is 10.8. The number of nitrogens with two attached hydrogens (primary N) is 1. The number of hydrogen-bond donors (Lipinski definition) is 2. The second kappa shape index (κ2) is 14.2. The van der Waals surface area contributed by atoms with Gasteiger partial charge >= 0.3 is 0 Å². The molecule has 2 aliphatic rings. The monoisotopic (exact) mass is 565 g/mol. The lowest BCUT2D eigenvalue weighted by atomic mass is 9.96. The van der Waals surface area contributed by atoms with Gasteiger partial charge in [0.25, 0.3) is 5.91 Å². The summed E-state index contributed by atoms with van der Waals surface area (Å²) in [6.07, 6.45) is 3.25. The van der Waals surface area contributed by atoms with Crippen LogP contribution in [0.1, 0.15) is 44.6 Å². The number of ether oxygens (including phenoxy) is 1. The van der Waals surface area contributed by atoms with Crippen molar-refractivity contribution >= 4 is 40.7 Å². The Balaban J connectivity index is 1.38. The summed E-state index contributed by atoms with van der Waals surface area (Å²) in [6, 6.07) is 16.3. The second-order valence-electron chi connectivity index (χ2n) is 10.4. The maximum Gasteiger partial charge on any atom is 0.252 e. The fourth-order valence-corrected chi connectivity index (χ4v) is 5.58. The molecule has 0 aromatic heterocycles. The van der Waals surface area contributed by atoms with Crippen molar-refractivity contribution in [2.24, 2.45) is 11.7 Å². The van der Waals surface area contributed by atoms with E-state index in [0.717, 1.165) is 56.6 Å². The summed E-state index contributed by atoms with van der Waals surface area (Å²) in [4.78, 5) is 43.9. The number of hydrogen-bond acceptors (Lipinski definition) is 6. The molecule has 0 radical (unpaired) electrons. The standard InChI is InChI=1S/C30H39N5O4S/c1-2-19-39-25-11-9-24(10-12-25)32-27(36)20-26-29(38)35(21-22-7-4-3-5-8-22)30(40)34(26)16-6-15-33-17-13-23(14-18-33)28(31)37/h3-5,7-12,23,26H,2,6,13-21H2,1H3,(H2,31,37)(H,32,36). The first-order chi connectivity index (χ1) is 19.4. The molecule has 0 saturated carbocycles. The van der Waals surface area contributed by atoms with Crippen molar-refractivity contribution in [2.45, 2.75) is 51.6 Å². The summed E-state index contributed by atoms with van der Waals surface area (Å²) in [7, 11) is 0. The Kier molecular flexibility index (Phi) is 10.5. The van der Waals surface area contributed by atoms with Crippen LogP contribution in [-0.4, -0.2) is 76.4 Å². The molecule has 2 saturated heterocycles. The minimum atomic E-state index is -0.663. The van der Waals surface area contributed by atoms with Crippen LogP contribution in [-0.2, 0) is 20.9 Å². The lowest BCUT2D eigenvalue weighted by Crippen LogP contribution is -2.41. The molecule has 1 atom stereocenters. The maximum absolute atomic E-state index is 13.6. The summed E-state index contributed by atoms with van der Waals surface area (Å²) in [5.41, 5.74) is 7.09. The van der Waals surface area contributed by atoms with Crippen molar-refractivity contribution in [3.05, 3.63) is 60.2 Å². The van der Waals surface area contributed by atoms with Gasteiger partial charge in [0, 0.05) is 18.2 Å². The number of thiocarbonyl (C=S) groups is 1. The van der Waals surface area contributed by atoms with Crippen molar-refractivity contribution in [1.82, 2.24) is 14.7 Å². The minimum absolute atomic E-state index is 0.00234. The number of nitrogens with one attached hydrogen (secondary N) is 1. The van der Waals surface area contributed by atoms with E-state index in [4.69, 9.17) is 22.7 Å². The van der Waals surface area contributed by atoms with E-state index in [1.807, 2.05) is 54.3 Å². The van der Waals surface area contributed by atoms with Gasteiger partial charge in [-0.3, -0.25) is 19.3 Å². The Morgan fingerprint density at radius 1 is 1.05 bits per heavy atom. The normalized spacial score (nSPS) is 18.3. The number of carbonyl (C=O) groups excluding carboxylic acids is 3. The molecule has 3 amide bonds. The predicted molar refractivity (Wildman–Crippen MR) is 159 cm³/mol. The van der Waals surface area contributed by atoms with E-state index in [0.29, 0.717) is 30.5 Å². The highest BCUT2D eigenvalue weighted by atomic mass is 32.1. The lowest BCUT2D eigenvalue weighted by molar-refractivity contribution is -0.131. The van der Waals surface area contributed by atoms with Gasteiger partial charge in [-0.25, -0.2) is 0 Å². The number of nitrogens with zero attached hydrogens (tertiary/aromatic N) is 3. The van der Waals surface area contributed by atoms with Crippen LogP contribution >= 0.6 is 12.2 Å². The number of anilines is 1. The van der Waals surface area contributed by atoms with E-state index >= 15 is 0 Å². The quantitative estimate of drug-likeness (QED) is 0.359. The van der Waals surface area contributed by atoms with Crippen LogP contribution in [0.5, 0.6) is 5.75 Å².